The first-order valence-corrected chi connectivity index (χ1v) is 11.2. The Morgan fingerprint density at radius 2 is 1.84 bits per heavy atom. The van der Waals surface area contributed by atoms with Crippen LogP contribution in [-0.2, 0) is 16.2 Å². The Balaban J connectivity index is 1.59. The molecule has 2 heterocycles. The molecule has 4 nitrogen and oxygen atoms in total. The first kappa shape index (κ1) is 20.1. The van der Waals surface area contributed by atoms with Gasteiger partial charge < -0.3 is 9.80 Å². The highest BCUT2D eigenvalue weighted by Gasteiger charge is 2.59. The first-order valence-electron chi connectivity index (χ1n) is 9.89. The second-order valence-corrected chi connectivity index (χ2v) is 9.15. The van der Waals surface area contributed by atoms with Crippen molar-refractivity contribution in [2.24, 2.45) is 0 Å². The molecule has 31 heavy (non-hydrogen) atoms. The molecule has 5 rings (SSSR count). The van der Waals surface area contributed by atoms with Crippen molar-refractivity contribution < 1.29 is 14.0 Å². The van der Waals surface area contributed by atoms with Crippen molar-refractivity contribution in [1.29, 1.82) is 0 Å². The zero-order chi connectivity index (χ0) is 21.6. The van der Waals surface area contributed by atoms with Crippen molar-refractivity contribution in [3.8, 4) is 0 Å². The van der Waals surface area contributed by atoms with E-state index in [2.05, 4.69) is 0 Å². The number of rotatable bonds is 3. The second kappa shape index (κ2) is 7.70. The fraction of sp³-hybridized carbons (Fsp3) is 0.167. The molecule has 3 aromatic carbocycles. The van der Waals surface area contributed by atoms with Gasteiger partial charge in [0, 0.05) is 28.4 Å². The van der Waals surface area contributed by atoms with Gasteiger partial charge in [-0.1, -0.05) is 54.1 Å². The summed E-state index contributed by atoms with van der Waals surface area (Å²) in [4.78, 5) is 29.4. The van der Waals surface area contributed by atoms with E-state index in [0.717, 1.165) is 16.8 Å². The van der Waals surface area contributed by atoms with Crippen LogP contribution < -0.4 is 4.90 Å². The highest BCUT2D eigenvalue weighted by molar-refractivity contribution is 8.01. The standard InChI is InChI=1S/C24H18ClFN2O2S/c25-20-10-3-1-6-17(20)15-27-21-11-4-2-9-19(21)24(23(27)30)28(12-13-31-24)22(29)16-7-5-8-18(26)14-16/h1-11,14H,12-13,15H2/t24-/m0/s1. The molecule has 1 atom stereocenters. The van der Waals surface area contributed by atoms with Crippen molar-refractivity contribution >= 4 is 40.9 Å². The van der Waals surface area contributed by atoms with Gasteiger partial charge in [-0.05, 0) is 35.9 Å². The van der Waals surface area contributed by atoms with Crippen LogP contribution in [0.25, 0.3) is 0 Å². The predicted molar refractivity (Wildman–Crippen MR) is 121 cm³/mol. The normalized spacial score (nSPS) is 19.9. The van der Waals surface area contributed by atoms with Crippen LogP contribution in [0.2, 0.25) is 5.02 Å². The summed E-state index contributed by atoms with van der Waals surface area (Å²) < 4.78 is 13.8. The molecule has 156 valence electrons. The van der Waals surface area contributed by atoms with Crippen LogP contribution in [0.5, 0.6) is 0 Å². The molecule has 0 aromatic heterocycles. The summed E-state index contributed by atoms with van der Waals surface area (Å²) in [5.74, 6) is -0.403. The molecular weight excluding hydrogens is 435 g/mol. The Morgan fingerprint density at radius 3 is 2.65 bits per heavy atom. The number of carbonyl (C=O) groups excluding carboxylic acids is 2. The second-order valence-electron chi connectivity index (χ2n) is 7.46. The van der Waals surface area contributed by atoms with E-state index in [4.69, 9.17) is 11.6 Å². The Hall–Kier alpha value is -2.83. The molecule has 0 bridgehead atoms. The van der Waals surface area contributed by atoms with Gasteiger partial charge in [0.05, 0.1) is 12.2 Å². The lowest BCUT2D eigenvalue weighted by Crippen LogP contribution is -2.50. The van der Waals surface area contributed by atoms with Crippen LogP contribution in [0.4, 0.5) is 10.1 Å². The molecule has 7 heteroatoms. The van der Waals surface area contributed by atoms with Gasteiger partial charge in [-0.15, -0.1) is 11.8 Å². The minimum absolute atomic E-state index is 0.180. The quantitative estimate of drug-likeness (QED) is 0.557. The van der Waals surface area contributed by atoms with Gasteiger partial charge in [0.15, 0.2) is 4.87 Å². The minimum atomic E-state index is -1.17. The monoisotopic (exact) mass is 452 g/mol. The lowest BCUT2D eigenvalue weighted by atomic mass is 10.0. The molecule has 0 N–H and O–H groups in total. The number of anilines is 1. The van der Waals surface area contributed by atoms with E-state index in [0.29, 0.717) is 23.9 Å². The van der Waals surface area contributed by atoms with Crippen LogP contribution in [-0.4, -0.2) is 29.0 Å². The first-order chi connectivity index (χ1) is 15.0. The number of halogens is 2. The summed E-state index contributed by atoms with van der Waals surface area (Å²) in [6.45, 7) is 0.708. The summed E-state index contributed by atoms with van der Waals surface area (Å²) in [5.41, 5.74) is 2.60. The molecule has 0 aliphatic carbocycles. The van der Waals surface area contributed by atoms with Gasteiger partial charge >= 0.3 is 0 Å². The number of nitrogens with zero attached hydrogens (tertiary/aromatic N) is 2. The topological polar surface area (TPSA) is 40.6 Å². The number of amides is 2. The lowest BCUT2D eigenvalue weighted by molar-refractivity contribution is -0.123. The molecule has 2 aliphatic rings. The average Bonchev–Trinajstić information content (AvgIpc) is 3.32. The molecule has 2 amide bonds. The van der Waals surface area contributed by atoms with Crippen LogP contribution in [0.1, 0.15) is 21.5 Å². The highest BCUT2D eigenvalue weighted by Crippen LogP contribution is 2.54. The molecular formula is C24H18ClFN2O2S. The summed E-state index contributed by atoms with van der Waals surface area (Å²) in [5, 5.41) is 0.584. The van der Waals surface area contributed by atoms with Crippen LogP contribution >= 0.6 is 23.4 Å². The van der Waals surface area contributed by atoms with Gasteiger partial charge in [0.1, 0.15) is 5.82 Å². The van der Waals surface area contributed by atoms with E-state index in [9.17, 15) is 14.0 Å². The van der Waals surface area contributed by atoms with Gasteiger partial charge in [0.2, 0.25) is 0 Å². The lowest BCUT2D eigenvalue weighted by Gasteiger charge is -2.33. The number of benzene rings is 3. The van der Waals surface area contributed by atoms with Crippen molar-refractivity contribution in [2.75, 3.05) is 17.2 Å². The number of para-hydroxylation sites is 1. The Morgan fingerprint density at radius 1 is 1.06 bits per heavy atom. The average molecular weight is 453 g/mol. The summed E-state index contributed by atoms with van der Waals surface area (Å²) in [6.07, 6.45) is 0. The SMILES string of the molecule is O=C(c1cccc(F)c1)N1CCS[C@@]12C(=O)N(Cc1ccccc1Cl)c1ccccc12. The van der Waals surface area contributed by atoms with E-state index in [1.54, 1.807) is 21.9 Å². The molecule has 0 unspecified atom stereocenters. The van der Waals surface area contributed by atoms with E-state index in [-0.39, 0.29) is 17.4 Å². The van der Waals surface area contributed by atoms with Crippen molar-refractivity contribution in [3.63, 3.8) is 0 Å². The van der Waals surface area contributed by atoms with E-state index in [1.165, 1.54) is 30.0 Å². The van der Waals surface area contributed by atoms with E-state index < -0.39 is 10.7 Å². The molecule has 1 saturated heterocycles. The smallest absolute Gasteiger partial charge is 0.268 e. The van der Waals surface area contributed by atoms with Crippen molar-refractivity contribution in [2.45, 2.75) is 11.4 Å². The fourth-order valence-electron chi connectivity index (χ4n) is 4.30. The highest BCUT2D eigenvalue weighted by atomic mass is 35.5. The predicted octanol–water partition coefficient (Wildman–Crippen LogP) is 5.07. The Bertz CT molecular complexity index is 1200. The van der Waals surface area contributed by atoms with Gasteiger partial charge in [0.25, 0.3) is 11.8 Å². The maximum absolute atomic E-state index is 13.9. The molecule has 2 aliphatic heterocycles. The molecule has 3 aromatic rings. The van der Waals surface area contributed by atoms with Crippen molar-refractivity contribution in [1.82, 2.24) is 4.90 Å². The summed E-state index contributed by atoms with van der Waals surface area (Å²) >= 11 is 7.80. The number of thioether (sulfide) groups is 1. The van der Waals surface area contributed by atoms with E-state index >= 15 is 0 Å². The maximum atomic E-state index is 13.9. The van der Waals surface area contributed by atoms with Crippen LogP contribution in [0.15, 0.2) is 72.8 Å². The van der Waals surface area contributed by atoms with Crippen LogP contribution in [0, 0.1) is 5.82 Å². The third-order valence-electron chi connectivity index (χ3n) is 5.70. The number of carbonyl (C=O) groups is 2. The molecule has 1 spiro atoms. The van der Waals surface area contributed by atoms with Crippen molar-refractivity contribution in [3.05, 3.63) is 100 Å². The number of hydrogen-bond acceptors (Lipinski definition) is 3. The number of hydrogen-bond donors (Lipinski definition) is 0. The zero-order valence-corrected chi connectivity index (χ0v) is 18.0. The number of fused-ring (bicyclic) bond motifs is 2. The third-order valence-corrected chi connectivity index (χ3v) is 7.49. The molecule has 0 radical (unpaired) electrons. The molecule has 0 saturated carbocycles. The Labute approximate surface area is 188 Å². The zero-order valence-electron chi connectivity index (χ0n) is 16.4. The largest absolute Gasteiger partial charge is 0.311 e. The summed E-state index contributed by atoms with van der Waals surface area (Å²) in [6, 6.07) is 20.5. The minimum Gasteiger partial charge on any atom is -0.311 e. The van der Waals surface area contributed by atoms with Gasteiger partial charge in [-0.2, -0.15) is 0 Å². The molecule has 1 fully saturated rings. The van der Waals surface area contributed by atoms with Crippen LogP contribution in [0.3, 0.4) is 0 Å². The van der Waals surface area contributed by atoms with Gasteiger partial charge in [-0.3, -0.25) is 9.59 Å². The third kappa shape index (κ3) is 3.13. The van der Waals surface area contributed by atoms with E-state index in [1.807, 2.05) is 42.5 Å². The summed E-state index contributed by atoms with van der Waals surface area (Å²) in [7, 11) is 0. The fourth-order valence-corrected chi connectivity index (χ4v) is 5.96. The van der Waals surface area contributed by atoms with Gasteiger partial charge in [-0.25, -0.2) is 4.39 Å². The maximum Gasteiger partial charge on any atom is 0.268 e. The Kier molecular flexibility index (Phi) is 4.99.